The molecule has 3 saturated heterocycles. The first-order valence-electron chi connectivity index (χ1n) is 9.21. The van der Waals surface area contributed by atoms with Crippen LogP contribution in [0.4, 0.5) is 5.69 Å². The van der Waals surface area contributed by atoms with Crippen LogP contribution in [0.3, 0.4) is 0 Å². The van der Waals surface area contributed by atoms with Gasteiger partial charge in [-0.15, -0.1) is 0 Å². The number of fused-ring (bicyclic) bond motifs is 3. The Bertz CT molecular complexity index is 839. The Hall–Kier alpha value is -2.94. The van der Waals surface area contributed by atoms with Gasteiger partial charge in [-0.05, 0) is 31.2 Å². The number of amides is 3. The average Bonchev–Trinajstić information content (AvgIpc) is 3.17. The lowest BCUT2D eigenvalue weighted by molar-refractivity contribution is -0.152. The molecule has 4 rings (SSSR count). The van der Waals surface area contributed by atoms with E-state index in [9.17, 15) is 19.2 Å². The highest BCUT2D eigenvalue weighted by molar-refractivity contribution is 6.25. The summed E-state index contributed by atoms with van der Waals surface area (Å²) < 4.78 is 10.3. The molecule has 4 atom stereocenters. The highest BCUT2D eigenvalue weighted by Gasteiger charge is 2.66. The van der Waals surface area contributed by atoms with Gasteiger partial charge in [0.15, 0.2) is 0 Å². The molecule has 3 heterocycles. The number of nitrogens with zero attached hydrogens (tertiary/aromatic N) is 2. The van der Waals surface area contributed by atoms with Gasteiger partial charge < -0.3 is 14.8 Å². The van der Waals surface area contributed by atoms with Crippen LogP contribution in [0.1, 0.15) is 6.92 Å². The van der Waals surface area contributed by atoms with E-state index in [1.54, 1.807) is 29.2 Å². The molecule has 1 aromatic carbocycles. The number of hydrogen-bond donors (Lipinski definition) is 1. The number of esters is 1. The zero-order valence-corrected chi connectivity index (χ0v) is 15.6. The first-order chi connectivity index (χ1) is 13.5. The summed E-state index contributed by atoms with van der Waals surface area (Å²) in [6.07, 6.45) is 0. The van der Waals surface area contributed by atoms with Gasteiger partial charge >= 0.3 is 5.97 Å². The van der Waals surface area contributed by atoms with Crippen molar-refractivity contribution in [3.63, 3.8) is 0 Å². The van der Waals surface area contributed by atoms with Crippen molar-refractivity contribution < 1.29 is 28.7 Å². The van der Waals surface area contributed by atoms with Crippen molar-refractivity contribution in [2.75, 3.05) is 31.7 Å². The molecule has 148 valence electrons. The number of methoxy groups -OCH3 is 1. The van der Waals surface area contributed by atoms with Crippen LogP contribution in [0.5, 0.6) is 5.75 Å². The maximum atomic E-state index is 13.2. The van der Waals surface area contributed by atoms with Crippen molar-refractivity contribution in [2.45, 2.75) is 19.0 Å². The largest absolute Gasteiger partial charge is 0.494 e. The normalized spacial score (nSPS) is 29.4. The maximum absolute atomic E-state index is 13.2. The number of nitrogens with one attached hydrogen (secondary N) is 1. The van der Waals surface area contributed by atoms with E-state index in [1.807, 2.05) is 6.92 Å². The smallest absolute Gasteiger partial charge is 0.311 e. The standard InChI is InChI=1S/C19H21N3O6/c1-3-28-11-6-4-10(5-7-11)22-17(24)12-13(19(26)27-2)14-16(23)20-8-9-21(14)15(12)18(22)25/h4-7,12-15H,3,8-9H2,1-2H3,(H,20,23)/t12-,13-,14-,15+/m1/s1. The molecule has 9 heteroatoms. The summed E-state index contributed by atoms with van der Waals surface area (Å²) in [6, 6.07) is 4.92. The minimum absolute atomic E-state index is 0.357. The van der Waals surface area contributed by atoms with Crippen LogP contribution < -0.4 is 15.0 Å². The monoisotopic (exact) mass is 387 g/mol. The van der Waals surface area contributed by atoms with Gasteiger partial charge in [0.2, 0.25) is 11.8 Å². The van der Waals surface area contributed by atoms with E-state index in [0.717, 1.165) is 4.90 Å². The molecule has 9 nitrogen and oxygen atoms in total. The fraction of sp³-hybridized carbons (Fsp3) is 0.474. The van der Waals surface area contributed by atoms with Crippen molar-refractivity contribution in [3.05, 3.63) is 24.3 Å². The van der Waals surface area contributed by atoms with E-state index < -0.39 is 41.7 Å². The van der Waals surface area contributed by atoms with E-state index in [2.05, 4.69) is 5.32 Å². The zero-order chi connectivity index (χ0) is 20.0. The Labute approximate surface area is 161 Å². The number of carbonyl (C=O) groups is 4. The number of imide groups is 1. The summed E-state index contributed by atoms with van der Waals surface area (Å²) in [5.74, 6) is -3.26. The molecule has 3 aliphatic rings. The number of piperazine rings is 1. The van der Waals surface area contributed by atoms with Gasteiger partial charge in [-0.2, -0.15) is 0 Å². The molecule has 0 saturated carbocycles. The van der Waals surface area contributed by atoms with Crippen LogP contribution in [0.25, 0.3) is 0 Å². The molecular formula is C19H21N3O6. The van der Waals surface area contributed by atoms with Crippen molar-refractivity contribution in [2.24, 2.45) is 11.8 Å². The third kappa shape index (κ3) is 2.57. The lowest BCUT2D eigenvalue weighted by atomic mass is 9.87. The van der Waals surface area contributed by atoms with Crippen LogP contribution in [-0.2, 0) is 23.9 Å². The fourth-order valence-electron chi connectivity index (χ4n) is 4.48. The predicted octanol–water partition coefficient (Wildman–Crippen LogP) is -0.453. The van der Waals surface area contributed by atoms with Gasteiger partial charge in [0.1, 0.15) is 17.8 Å². The maximum Gasteiger partial charge on any atom is 0.311 e. The van der Waals surface area contributed by atoms with Gasteiger partial charge in [0.25, 0.3) is 5.91 Å². The van der Waals surface area contributed by atoms with Crippen LogP contribution in [-0.4, -0.2) is 67.5 Å². The van der Waals surface area contributed by atoms with Crippen LogP contribution in [0.15, 0.2) is 24.3 Å². The second-order valence-electron chi connectivity index (χ2n) is 6.93. The Morgan fingerprint density at radius 3 is 2.50 bits per heavy atom. The van der Waals surface area contributed by atoms with Crippen molar-refractivity contribution in [1.82, 2.24) is 10.2 Å². The molecule has 0 unspecified atom stereocenters. The van der Waals surface area contributed by atoms with Gasteiger partial charge in [-0.1, -0.05) is 0 Å². The fourth-order valence-corrected chi connectivity index (χ4v) is 4.48. The summed E-state index contributed by atoms with van der Waals surface area (Å²) in [5, 5.41) is 2.70. The van der Waals surface area contributed by atoms with E-state index in [1.165, 1.54) is 7.11 Å². The van der Waals surface area contributed by atoms with Gasteiger partial charge in [-0.3, -0.25) is 24.1 Å². The number of ether oxygens (including phenoxy) is 2. The Balaban J connectivity index is 1.71. The molecule has 0 bridgehead atoms. The molecular weight excluding hydrogens is 366 g/mol. The average molecular weight is 387 g/mol. The Morgan fingerprint density at radius 2 is 1.86 bits per heavy atom. The van der Waals surface area contributed by atoms with E-state index >= 15 is 0 Å². The number of rotatable bonds is 4. The van der Waals surface area contributed by atoms with Crippen molar-refractivity contribution >= 4 is 29.4 Å². The highest BCUT2D eigenvalue weighted by Crippen LogP contribution is 2.44. The second-order valence-corrected chi connectivity index (χ2v) is 6.93. The van der Waals surface area contributed by atoms with E-state index in [4.69, 9.17) is 9.47 Å². The summed E-state index contributed by atoms with van der Waals surface area (Å²) in [5.41, 5.74) is 0.412. The topological polar surface area (TPSA) is 105 Å². The minimum Gasteiger partial charge on any atom is -0.494 e. The zero-order valence-electron chi connectivity index (χ0n) is 15.6. The Morgan fingerprint density at radius 1 is 1.14 bits per heavy atom. The number of hydrogen-bond acceptors (Lipinski definition) is 7. The molecule has 3 fully saturated rings. The van der Waals surface area contributed by atoms with Gasteiger partial charge in [0, 0.05) is 13.1 Å². The molecule has 0 aromatic heterocycles. The molecule has 1 N–H and O–H groups in total. The molecule has 28 heavy (non-hydrogen) atoms. The number of carbonyl (C=O) groups excluding carboxylic acids is 4. The molecule has 0 spiro atoms. The van der Waals surface area contributed by atoms with Gasteiger partial charge in [-0.25, -0.2) is 4.90 Å². The molecule has 0 radical (unpaired) electrons. The van der Waals surface area contributed by atoms with E-state index in [0.29, 0.717) is 31.1 Å². The molecule has 1 aromatic rings. The quantitative estimate of drug-likeness (QED) is 0.551. The summed E-state index contributed by atoms with van der Waals surface area (Å²) in [7, 11) is 1.21. The first-order valence-corrected chi connectivity index (χ1v) is 9.21. The van der Waals surface area contributed by atoms with Gasteiger partial charge in [0.05, 0.1) is 31.2 Å². The predicted molar refractivity (Wildman–Crippen MR) is 96.4 cm³/mol. The molecule has 3 aliphatic heterocycles. The summed E-state index contributed by atoms with van der Waals surface area (Å²) >= 11 is 0. The SMILES string of the molecule is CCOc1ccc(N2C(=O)[C@@H]3[C@@H](C(=O)OC)[C@@H]4C(=O)NCCN4[C@@H]3C2=O)cc1. The first kappa shape index (κ1) is 18.4. The second kappa shape index (κ2) is 6.90. The number of benzene rings is 1. The lowest BCUT2D eigenvalue weighted by Gasteiger charge is -2.34. The third-order valence-corrected chi connectivity index (χ3v) is 5.58. The van der Waals surface area contributed by atoms with Crippen molar-refractivity contribution in [3.8, 4) is 5.75 Å². The summed E-state index contributed by atoms with van der Waals surface area (Å²) in [4.78, 5) is 54.0. The summed E-state index contributed by atoms with van der Waals surface area (Å²) in [6.45, 7) is 3.11. The van der Waals surface area contributed by atoms with Crippen LogP contribution in [0.2, 0.25) is 0 Å². The Kier molecular flexibility index (Phi) is 4.54. The highest BCUT2D eigenvalue weighted by atomic mass is 16.5. The third-order valence-electron chi connectivity index (χ3n) is 5.58. The van der Waals surface area contributed by atoms with E-state index in [-0.39, 0.29) is 5.91 Å². The van der Waals surface area contributed by atoms with Crippen LogP contribution in [0, 0.1) is 11.8 Å². The minimum atomic E-state index is -1.01. The van der Waals surface area contributed by atoms with Crippen LogP contribution >= 0.6 is 0 Å². The number of anilines is 1. The molecule has 3 amide bonds. The van der Waals surface area contributed by atoms with Crippen molar-refractivity contribution in [1.29, 1.82) is 0 Å². The lowest BCUT2D eigenvalue weighted by Crippen LogP contribution is -2.58. The molecule has 0 aliphatic carbocycles.